The lowest BCUT2D eigenvalue weighted by molar-refractivity contribution is -0.124. The molecule has 1 atom stereocenters. The summed E-state index contributed by atoms with van der Waals surface area (Å²) in [4.78, 5) is 25.1. The van der Waals surface area contributed by atoms with Crippen molar-refractivity contribution in [2.45, 2.75) is 51.0 Å². The number of carbonyl (C=O) groups excluding carboxylic acids is 1. The molecule has 0 bridgehead atoms. The van der Waals surface area contributed by atoms with E-state index in [9.17, 15) is 10.1 Å². The summed E-state index contributed by atoms with van der Waals surface area (Å²) in [6, 6.07) is 14.6. The van der Waals surface area contributed by atoms with Crippen molar-refractivity contribution < 1.29 is 4.79 Å². The topological polar surface area (TPSA) is 63.5 Å². The lowest BCUT2D eigenvalue weighted by Crippen LogP contribution is -2.55. The van der Waals surface area contributed by atoms with Crippen molar-refractivity contribution in [1.82, 2.24) is 9.88 Å². The number of pyridine rings is 1. The number of aryl methyl sites for hydroxylation is 1. The quantitative estimate of drug-likeness (QED) is 0.715. The molecule has 1 unspecified atom stereocenters. The van der Waals surface area contributed by atoms with Crippen molar-refractivity contribution in [1.29, 1.82) is 5.26 Å². The number of piperazine rings is 1. The lowest BCUT2D eigenvalue weighted by Gasteiger charge is -2.43. The van der Waals surface area contributed by atoms with E-state index in [1.165, 1.54) is 24.8 Å². The molecule has 1 saturated heterocycles. The van der Waals surface area contributed by atoms with Gasteiger partial charge in [0.2, 0.25) is 5.91 Å². The molecule has 5 rings (SSSR count). The molecule has 1 aliphatic carbocycles. The van der Waals surface area contributed by atoms with Gasteiger partial charge in [-0.25, -0.2) is 4.98 Å². The van der Waals surface area contributed by atoms with Crippen molar-refractivity contribution in [3.8, 4) is 6.07 Å². The molecule has 2 aliphatic heterocycles. The van der Waals surface area contributed by atoms with E-state index < -0.39 is 0 Å². The predicted octanol–water partition coefficient (Wildman–Crippen LogP) is 4.00. The van der Waals surface area contributed by atoms with Gasteiger partial charge >= 0.3 is 0 Å². The summed E-state index contributed by atoms with van der Waals surface area (Å²) < 4.78 is 0. The summed E-state index contributed by atoms with van der Waals surface area (Å²) in [5.74, 6) is 1.32. The number of benzene rings is 1. The summed E-state index contributed by atoms with van der Waals surface area (Å²) in [6.45, 7) is 4.46. The molecule has 1 aromatic heterocycles. The fourth-order valence-electron chi connectivity index (χ4n) is 5.80. The summed E-state index contributed by atoms with van der Waals surface area (Å²) in [5, 5.41) is 9.42. The van der Waals surface area contributed by atoms with E-state index in [4.69, 9.17) is 0 Å². The zero-order chi connectivity index (χ0) is 22.6. The highest BCUT2D eigenvalue weighted by atomic mass is 16.2. The number of nitriles is 1. The Morgan fingerprint density at radius 3 is 2.58 bits per heavy atom. The zero-order valence-electron chi connectivity index (χ0n) is 19.3. The van der Waals surface area contributed by atoms with Crippen molar-refractivity contribution in [3.63, 3.8) is 0 Å². The summed E-state index contributed by atoms with van der Waals surface area (Å²) >= 11 is 0. The first-order valence-corrected chi connectivity index (χ1v) is 12.5. The van der Waals surface area contributed by atoms with Crippen LogP contribution in [0.4, 0.5) is 11.5 Å². The molecule has 1 saturated carbocycles. The summed E-state index contributed by atoms with van der Waals surface area (Å²) in [6.07, 6.45) is 9.51. The molecule has 2 fully saturated rings. The number of rotatable bonds is 4. The summed E-state index contributed by atoms with van der Waals surface area (Å²) in [7, 11) is 0. The molecule has 1 amide bonds. The smallest absolute Gasteiger partial charge is 0.230 e. The third kappa shape index (κ3) is 4.60. The minimum atomic E-state index is 0.179. The van der Waals surface area contributed by atoms with E-state index in [2.05, 4.69) is 50.0 Å². The van der Waals surface area contributed by atoms with Crippen LogP contribution in [0.1, 0.15) is 49.7 Å². The van der Waals surface area contributed by atoms with Gasteiger partial charge in [-0.2, -0.15) is 5.26 Å². The van der Waals surface area contributed by atoms with Crippen LogP contribution in [0.25, 0.3) is 0 Å². The van der Waals surface area contributed by atoms with E-state index in [-0.39, 0.29) is 12.0 Å². The first kappa shape index (κ1) is 21.9. The van der Waals surface area contributed by atoms with E-state index in [0.29, 0.717) is 11.5 Å². The Kier molecular flexibility index (Phi) is 6.59. The second-order valence-electron chi connectivity index (χ2n) is 9.64. The monoisotopic (exact) mass is 443 g/mol. The number of hydrogen-bond acceptors (Lipinski definition) is 5. The average molecular weight is 444 g/mol. The van der Waals surface area contributed by atoms with E-state index in [1.807, 2.05) is 12.1 Å². The van der Waals surface area contributed by atoms with Gasteiger partial charge in [-0.05, 0) is 49.4 Å². The van der Waals surface area contributed by atoms with Gasteiger partial charge in [0, 0.05) is 56.6 Å². The number of carbonyl (C=O) groups is 1. The van der Waals surface area contributed by atoms with Crippen LogP contribution in [0.5, 0.6) is 0 Å². The Bertz CT molecular complexity index is 1020. The third-order valence-corrected chi connectivity index (χ3v) is 7.60. The molecule has 2 aromatic rings. The van der Waals surface area contributed by atoms with Gasteiger partial charge in [0.25, 0.3) is 0 Å². The van der Waals surface area contributed by atoms with Gasteiger partial charge in [0.05, 0.1) is 5.56 Å². The van der Waals surface area contributed by atoms with E-state index >= 15 is 0 Å². The molecular formula is C27H33N5O. The molecule has 33 heavy (non-hydrogen) atoms. The van der Waals surface area contributed by atoms with Crippen LogP contribution in [0, 0.1) is 17.2 Å². The number of fused-ring (bicyclic) bond motifs is 1. The molecule has 0 spiro atoms. The number of amides is 1. The second kappa shape index (κ2) is 9.93. The highest BCUT2D eigenvalue weighted by molar-refractivity contribution is 5.97. The Balaban J connectivity index is 1.29. The van der Waals surface area contributed by atoms with Crippen molar-refractivity contribution in [3.05, 3.63) is 53.7 Å². The predicted molar refractivity (Wildman–Crippen MR) is 130 cm³/mol. The van der Waals surface area contributed by atoms with Gasteiger partial charge in [0.15, 0.2) is 0 Å². The Hall–Kier alpha value is -2.91. The fraction of sp³-hybridized carbons (Fsp3) is 0.519. The van der Waals surface area contributed by atoms with Gasteiger partial charge in [-0.1, -0.05) is 37.5 Å². The molecule has 172 valence electrons. The number of hydrogen-bond donors (Lipinski definition) is 0. The van der Waals surface area contributed by atoms with Crippen molar-refractivity contribution >= 4 is 17.4 Å². The Morgan fingerprint density at radius 1 is 1.00 bits per heavy atom. The maximum Gasteiger partial charge on any atom is 0.230 e. The Morgan fingerprint density at radius 2 is 1.79 bits per heavy atom. The fourth-order valence-corrected chi connectivity index (χ4v) is 5.80. The molecule has 3 heterocycles. The van der Waals surface area contributed by atoms with Crippen LogP contribution < -0.4 is 9.80 Å². The highest BCUT2D eigenvalue weighted by Crippen LogP contribution is 2.35. The maximum atomic E-state index is 13.7. The standard InChI is InChI=1S/C27H33N5O/c28-19-23-10-6-14-29-26(23)31-17-15-30(16-18-31)20-24-13-12-21-7-4-5-11-25(21)32(24)27(33)22-8-2-1-3-9-22/h4-7,10-11,14,22,24H,1-3,8-9,12-13,15-18,20H2. The van der Waals surface area contributed by atoms with Crippen LogP contribution in [-0.2, 0) is 11.2 Å². The SMILES string of the molecule is N#Cc1cccnc1N1CCN(CC2CCc3ccccc3N2C(=O)C2CCCCC2)CC1. The van der Waals surface area contributed by atoms with Crippen LogP contribution in [0.2, 0.25) is 0 Å². The first-order valence-electron chi connectivity index (χ1n) is 12.5. The van der Waals surface area contributed by atoms with E-state index in [1.54, 1.807) is 6.20 Å². The molecule has 6 nitrogen and oxygen atoms in total. The number of nitrogens with zero attached hydrogens (tertiary/aromatic N) is 5. The maximum absolute atomic E-state index is 13.7. The van der Waals surface area contributed by atoms with Gasteiger partial charge < -0.3 is 9.80 Å². The lowest BCUT2D eigenvalue weighted by atomic mass is 9.86. The number of aromatic nitrogens is 1. The molecule has 0 radical (unpaired) electrons. The first-order chi connectivity index (χ1) is 16.2. The number of anilines is 2. The van der Waals surface area contributed by atoms with Crippen LogP contribution in [0.3, 0.4) is 0 Å². The third-order valence-electron chi connectivity index (χ3n) is 7.60. The van der Waals surface area contributed by atoms with Crippen LogP contribution in [0.15, 0.2) is 42.6 Å². The zero-order valence-corrected chi connectivity index (χ0v) is 19.3. The largest absolute Gasteiger partial charge is 0.353 e. The summed E-state index contributed by atoms with van der Waals surface area (Å²) in [5.41, 5.74) is 3.08. The van der Waals surface area contributed by atoms with Crippen molar-refractivity contribution in [2.75, 3.05) is 42.5 Å². The minimum Gasteiger partial charge on any atom is -0.353 e. The highest BCUT2D eigenvalue weighted by Gasteiger charge is 2.36. The van der Waals surface area contributed by atoms with Crippen LogP contribution in [-0.4, -0.2) is 54.6 Å². The number of para-hydroxylation sites is 1. The average Bonchev–Trinajstić information content (AvgIpc) is 2.89. The molecule has 6 heteroatoms. The van der Waals surface area contributed by atoms with Gasteiger partial charge in [0.1, 0.15) is 11.9 Å². The molecular weight excluding hydrogens is 410 g/mol. The normalized spacial score (nSPS) is 22.0. The minimum absolute atomic E-state index is 0.179. The van der Waals surface area contributed by atoms with Crippen LogP contribution >= 0.6 is 0 Å². The molecule has 3 aliphatic rings. The second-order valence-corrected chi connectivity index (χ2v) is 9.64. The van der Waals surface area contributed by atoms with Gasteiger partial charge in [-0.15, -0.1) is 0 Å². The Labute approximate surface area is 196 Å². The molecule has 0 N–H and O–H groups in total. The molecule has 1 aromatic carbocycles. The van der Waals surface area contributed by atoms with Crippen molar-refractivity contribution in [2.24, 2.45) is 5.92 Å². The van der Waals surface area contributed by atoms with Gasteiger partial charge in [-0.3, -0.25) is 9.69 Å². The van der Waals surface area contributed by atoms with E-state index in [0.717, 1.165) is 69.9 Å².